The Hall–Kier alpha value is -0.130. The average Bonchev–Trinajstić information content (AvgIpc) is 1.86. The summed E-state index contributed by atoms with van der Waals surface area (Å²) in [6, 6.07) is 0.174. The Bertz CT molecular complexity index is 217. The molecular weight excluding hydrogens is 164 g/mol. The molecule has 4 N–H and O–H groups in total. The standard InChI is InChI=1S/C6H14N2O2S/c7-5-1-3-6(4-2-5)11(8,9)10/h5-6H,1-4,7H2,(H2,8,9,10)/t5-,6+. The maximum atomic E-state index is 10.8. The number of primary sulfonamides is 1. The Kier molecular flexibility index (Phi) is 2.51. The normalized spacial score (nSPS) is 33.6. The van der Waals surface area contributed by atoms with Crippen LogP contribution >= 0.6 is 0 Å². The second-order valence-electron chi connectivity index (χ2n) is 3.13. The molecule has 0 unspecified atom stereocenters. The van der Waals surface area contributed by atoms with Crippen molar-refractivity contribution in [2.45, 2.75) is 37.0 Å². The molecule has 0 atom stereocenters. The zero-order valence-electron chi connectivity index (χ0n) is 6.36. The minimum absolute atomic E-state index is 0.174. The Morgan fingerprint density at radius 1 is 1.09 bits per heavy atom. The van der Waals surface area contributed by atoms with Gasteiger partial charge < -0.3 is 5.73 Å². The summed E-state index contributed by atoms with van der Waals surface area (Å²) in [5, 5.41) is 4.64. The molecule has 1 saturated carbocycles. The van der Waals surface area contributed by atoms with E-state index in [0.29, 0.717) is 12.8 Å². The second-order valence-corrected chi connectivity index (χ2v) is 4.97. The molecule has 0 aromatic heterocycles. The van der Waals surface area contributed by atoms with Gasteiger partial charge in [0.2, 0.25) is 10.0 Å². The minimum atomic E-state index is -3.30. The largest absolute Gasteiger partial charge is 0.328 e. The quantitative estimate of drug-likeness (QED) is 0.570. The average molecular weight is 178 g/mol. The van der Waals surface area contributed by atoms with Gasteiger partial charge in [-0.3, -0.25) is 0 Å². The van der Waals surface area contributed by atoms with Crippen molar-refractivity contribution >= 4 is 10.0 Å². The van der Waals surface area contributed by atoms with Crippen molar-refractivity contribution in [3.63, 3.8) is 0 Å². The summed E-state index contributed by atoms with van der Waals surface area (Å²) in [5.74, 6) is 0. The lowest BCUT2D eigenvalue weighted by atomic mass is 9.96. The van der Waals surface area contributed by atoms with Gasteiger partial charge in [0.25, 0.3) is 0 Å². The number of hydrogen-bond acceptors (Lipinski definition) is 3. The predicted molar refractivity (Wildman–Crippen MR) is 43.3 cm³/mol. The third-order valence-electron chi connectivity index (χ3n) is 2.18. The van der Waals surface area contributed by atoms with Gasteiger partial charge in [-0.15, -0.1) is 0 Å². The van der Waals surface area contributed by atoms with Gasteiger partial charge in [0.05, 0.1) is 5.25 Å². The van der Waals surface area contributed by atoms with Gasteiger partial charge in [-0.05, 0) is 25.7 Å². The van der Waals surface area contributed by atoms with Gasteiger partial charge in [0.1, 0.15) is 0 Å². The van der Waals surface area contributed by atoms with Crippen LogP contribution in [0.15, 0.2) is 0 Å². The first kappa shape index (κ1) is 8.96. The van der Waals surface area contributed by atoms with E-state index in [1.54, 1.807) is 0 Å². The van der Waals surface area contributed by atoms with E-state index in [2.05, 4.69) is 0 Å². The van der Waals surface area contributed by atoms with Crippen molar-refractivity contribution in [1.29, 1.82) is 0 Å². The number of sulfonamides is 1. The van der Waals surface area contributed by atoms with Crippen molar-refractivity contribution in [1.82, 2.24) is 0 Å². The number of nitrogens with two attached hydrogens (primary N) is 2. The fourth-order valence-corrected chi connectivity index (χ4v) is 2.35. The van der Waals surface area contributed by atoms with Gasteiger partial charge in [0.15, 0.2) is 0 Å². The van der Waals surface area contributed by atoms with Crippen molar-refractivity contribution in [2.24, 2.45) is 10.9 Å². The molecule has 4 nitrogen and oxygen atoms in total. The zero-order valence-corrected chi connectivity index (χ0v) is 7.18. The first-order valence-electron chi connectivity index (χ1n) is 3.77. The van der Waals surface area contributed by atoms with Crippen LogP contribution in [-0.2, 0) is 10.0 Å². The summed E-state index contributed by atoms with van der Waals surface area (Å²) in [6.45, 7) is 0. The topological polar surface area (TPSA) is 86.2 Å². The third-order valence-corrected chi connectivity index (χ3v) is 3.58. The van der Waals surface area contributed by atoms with Gasteiger partial charge in [-0.2, -0.15) is 0 Å². The lowest BCUT2D eigenvalue weighted by Crippen LogP contribution is -2.36. The maximum Gasteiger partial charge on any atom is 0.211 e. The Morgan fingerprint density at radius 2 is 1.55 bits per heavy atom. The third kappa shape index (κ3) is 2.43. The minimum Gasteiger partial charge on any atom is -0.328 e. The molecule has 0 spiro atoms. The van der Waals surface area contributed by atoms with Crippen molar-refractivity contribution in [2.75, 3.05) is 0 Å². The highest BCUT2D eigenvalue weighted by Gasteiger charge is 2.26. The predicted octanol–water partition coefficient (Wildman–Crippen LogP) is -0.455. The summed E-state index contributed by atoms with van der Waals surface area (Å²) in [7, 11) is -3.30. The molecule has 5 heteroatoms. The van der Waals surface area contributed by atoms with Crippen LogP contribution in [0.5, 0.6) is 0 Å². The molecule has 0 amide bonds. The summed E-state index contributed by atoms with van der Waals surface area (Å²) in [4.78, 5) is 0. The molecule has 0 aliphatic heterocycles. The molecule has 0 aromatic carbocycles. The molecule has 1 rings (SSSR count). The fraction of sp³-hybridized carbons (Fsp3) is 1.00. The summed E-state index contributed by atoms with van der Waals surface area (Å²) >= 11 is 0. The van der Waals surface area contributed by atoms with E-state index in [-0.39, 0.29) is 11.3 Å². The molecule has 0 heterocycles. The zero-order chi connectivity index (χ0) is 8.48. The molecule has 0 radical (unpaired) electrons. The number of hydrogen-bond donors (Lipinski definition) is 2. The second kappa shape index (κ2) is 3.08. The van der Waals surface area contributed by atoms with E-state index in [1.165, 1.54) is 0 Å². The van der Waals surface area contributed by atoms with Gasteiger partial charge in [-0.25, -0.2) is 13.6 Å². The van der Waals surface area contributed by atoms with Gasteiger partial charge in [-0.1, -0.05) is 0 Å². The van der Waals surface area contributed by atoms with E-state index in [4.69, 9.17) is 10.9 Å². The highest BCUT2D eigenvalue weighted by Crippen LogP contribution is 2.21. The van der Waals surface area contributed by atoms with E-state index in [1.807, 2.05) is 0 Å². The van der Waals surface area contributed by atoms with E-state index < -0.39 is 10.0 Å². The molecule has 0 bridgehead atoms. The Morgan fingerprint density at radius 3 is 1.91 bits per heavy atom. The smallest absolute Gasteiger partial charge is 0.211 e. The van der Waals surface area contributed by atoms with Crippen LogP contribution in [0.25, 0.3) is 0 Å². The maximum absolute atomic E-state index is 10.8. The van der Waals surface area contributed by atoms with Crippen molar-refractivity contribution < 1.29 is 8.42 Å². The Balaban J connectivity index is 2.53. The first-order valence-corrected chi connectivity index (χ1v) is 5.38. The monoisotopic (exact) mass is 178 g/mol. The summed E-state index contributed by atoms with van der Waals surface area (Å²) in [6.07, 6.45) is 2.81. The molecule has 1 aliphatic rings. The van der Waals surface area contributed by atoms with Crippen LogP contribution in [0.2, 0.25) is 0 Å². The molecule has 66 valence electrons. The van der Waals surface area contributed by atoms with E-state index in [9.17, 15) is 8.42 Å². The van der Waals surface area contributed by atoms with Crippen LogP contribution in [-0.4, -0.2) is 19.7 Å². The van der Waals surface area contributed by atoms with Crippen LogP contribution in [0.4, 0.5) is 0 Å². The van der Waals surface area contributed by atoms with Gasteiger partial charge >= 0.3 is 0 Å². The fourth-order valence-electron chi connectivity index (χ4n) is 1.42. The highest BCUT2D eigenvalue weighted by atomic mass is 32.2. The van der Waals surface area contributed by atoms with Crippen molar-refractivity contribution in [3.05, 3.63) is 0 Å². The van der Waals surface area contributed by atoms with E-state index in [0.717, 1.165) is 12.8 Å². The van der Waals surface area contributed by atoms with Crippen molar-refractivity contribution in [3.8, 4) is 0 Å². The number of rotatable bonds is 1. The lowest BCUT2D eigenvalue weighted by molar-refractivity contribution is 0.434. The first-order chi connectivity index (χ1) is 5.00. The molecule has 0 aromatic rings. The molecular formula is C6H14N2O2S. The Labute approximate surface area is 67.0 Å². The molecule has 1 fully saturated rings. The van der Waals surface area contributed by atoms with Crippen LogP contribution in [0.3, 0.4) is 0 Å². The van der Waals surface area contributed by atoms with Crippen LogP contribution < -0.4 is 10.9 Å². The SMILES string of the molecule is NS(=O)(=O)[C@H]1CC[C@@H](N)CC1. The van der Waals surface area contributed by atoms with Crippen LogP contribution in [0.1, 0.15) is 25.7 Å². The van der Waals surface area contributed by atoms with Gasteiger partial charge in [0, 0.05) is 6.04 Å². The summed E-state index contributed by atoms with van der Waals surface area (Å²) < 4.78 is 21.7. The lowest BCUT2D eigenvalue weighted by Gasteiger charge is -2.23. The molecule has 1 aliphatic carbocycles. The molecule has 0 saturated heterocycles. The molecule has 11 heavy (non-hydrogen) atoms. The summed E-state index contributed by atoms with van der Waals surface area (Å²) in [5.41, 5.74) is 5.60. The van der Waals surface area contributed by atoms with Crippen LogP contribution in [0, 0.1) is 0 Å². The van der Waals surface area contributed by atoms with E-state index >= 15 is 0 Å². The highest BCUT2D eigenvalue weighted by molar-refractivity contribution is 7.89.